The van der Waals surface area contributed by atoms with Crippen LogP contribution in [0.4, 0.5) is 0 Å². The molecule has 0 spiro atoms. The molecule has 0 atom stereocenters. The van der Waals surface area contributed by atoms with Crippen molar-refractivity contribution in [1.29, 1.82) is 0 Å². The molecule has 3 amide bonds. The fourth-order valence-electron chi connectivity index (χ4n) is 3.18. The van der Waals surface area contributed by atoms with E-state index in [1.54, 1.807) is 46.2 Å². The standard InChI is InChI=1S/C21H23N3O4/c22-19(25)15-28-18-10-5-4-9-17(18)21(27)24-12-6-11-23(13-14-24)20(26)16-7-2-1-3-8-16/h1-5,7-10H,6,11-15H2,(H2,22,25). The number of para-hydroxylation sites is 1. The Hall–Kier alpha value is -3.35. The zero-order chi connectivity index (χ0) is 19.9. The molecule has 3 rings (SSSR count). The molecule has 0 radical (unpaired) electrons. The molecule has 1 aliphatic heterocycles. The van der Waals surface area contributed by atoms with E-state index in [1.165, 1.54) is 0 Å². The number of carbonyl (C=O) groups is 3. The van der Waals surface area contributed by atoms with Crippen molar-refractivity contribution in [2.45, 2.75) is 6.42 Å². The normalized spacial score (nSPS) is 14.3. The summed E-state index contributed by atoms with van der Waals surface area (Å²) < 4.78 is 5.37. The van der Waals surface area contributed by atoms with E-state index < -0.39 is 5.91 Å². The van der Waals surface area contributed by atoms with E-state index in [0.29, 0.717) is 49.5 Å². The van der Waals surface area contributed by atoms with Gasteiger partial charge in [0.05, 0.1) is 5.56 Å². The Bertz CT molecular complexity index is 854. The maximum absolute atomic E-state index is 13.0. The van der Waals surface area contributed by atoms with Crippen LogP contribution in [0.25, 0.3) is 0 Å². The third kappa shape index (κ3) is 4.68. The molecule has 1 saturated heterocycles. The van der Waals surface area contributed by atoms with E-state index >= 15 is 0 Å². The van der Waals surface area contributed by atoms with E-state index in [-0.39, 0.29) is 18.4 Å². The van der Waals surface area contributed by atoms with Crippen LogP contribution in [-0.2, 0) is 4.79 Å². The van der Waals surface area contributed by atoms with Gasteiger partial charge in [-0.15, -0.1) is 0 Å². The van der Waals surface area contributed by atoms with Gasteiger partial charge in [0.15, 0.2) is 6.61 Å². The van der Waals surface area contributed by atoms with Crippen LogP contribution in [0.1, 0.15) is 27.1 Å². The molecule has 0 bridgehead atoms. The molecule has 1 fully saturated rings. The minimum Gasteiger partial charge on any atom is -0.483 e. The molecule has 146 valence electrons. The lowest BCUT2D eigenvalue weighted by molar-refractivity contribution is -0.119. The molecular formula is C21H23N3O4. The van der Waals surface area contributed by atoms with Gasteiger partial charge in [0.2, 0.25) is 0 Å². The highest BCUT2D eigenvalue weighted by Gasteiger charge is 2.25. The van der Waals surface area contributed by atoms with Crippen LogP contribution >= 0.6 is 0 Å². The van der Waals surface area contributed by atoms with Crippen LogP contribution < -0.4 is 10.5 Å². The summed E-state index contributed by atoms with van der Waals surface area (Å²) in [6.07, 6.45) is 0.689. The van der Waals surface area contributed by atoms with Gasteiger partial charge in [0, 0.05) is 31.7 Å². The zero-order valence-corrected chi connectivity index (χ0v) is 15.5. The first-order valence-electron chi connectivity index (χ1n) is 9.20. The fraction of sp³-hybridized carbons (Fsp3) is 0.286. The zero-order valence-electron chi connectivity index (χ0n) is 15.5. The predicted octanol–water partition coefficient (Wildman–Crippen LogP) is 1.54. The molecule has 0 saturated carbocycles. The molecule has 1 aliphatic rings. The number of carbonyl (C=O) groups excluding carboxylic acids is 3. The minimum absolute atomic E-state index is 0.0277. The molecule has 0 aliphatic carbocycles. The van der Waals surface area contributed by atoms with Gasteiger partial charge in [-0.25, -0.2) is 0 Å². The van der Waals surface area contributed by atoms with Crippen molar-refractivity contribution in [3.8, 4) is 5.75 Å². The van der Waals surface area contributed by atoms with Crippen molar-refractivity contribution in [2.24, 2.45) is 5.73 Å². The first-order valence-corrected chi connectivity index (χ1v) is 9.20. The van der Waals surface area contributed by atoms with Gasteiger partial charge >= 0.3 is 0 Å². The average molecular weight is 381 g/mol. The summed E-state index contributed by atoms with van der Waals surface area (Å²) in [5.74, 6) is -0.492. The highest BCUT2D eigenvalue weighted by molar-refractivity contribution is 5.97. The van der Waals surface area contributed by atoms with Crippen molar-refractivity contribution >= 4 is 17.7 Å². The van der Waals surface area contributed by atoms with Gasteiger partial charge in [-0.1, -0.05) is 30.3 Å². The monoisotopic (exact) mass is 381 g/mol. The highest BCUT2D eigenvalue weighted by atomic mass is 16.5. The maximum atomic E-state index is 13.0. The molecular weight excluding hydrogens is 358 g/mol. The Morgan fingerprint density at radius 2 is 1.43 bits per heavy atom. The largest absolute Gasteiger partial charge is 0.483 e. The number of benzene rings is 2. The lowest BCUT2D eigenvalue weighted by Crippen LogP contribution is -2.37. The van der Waals surface area contributed by atoms with E-state index in [0.717, 1.165) is 0 Å². The van der Waals surface area contributed by atoms with Gasteiger partial charge in [-0.05, 0) is 30.7 Å². The molecule has 2 N–H and O–H groups in total. The second-order valence-electron chi connectivity index (χ2n) is 6.56. The first-order chi connectivity index (χ1) is 13.6. The number of primary amides is 1. The van der Waals surface area contributed by atoms with Gasteiger partial charge in [-0.2, -0.15) is 0 Å². The Kier molecular flexibility index (Phi) is 6.26. The van der Waals surface area contributed by atoms with Crippen molar-refractivity contribution in [1.82, 2.24) is 9.80 Å². The molecule has 7 nitrogen and oxygen atoms in total. The Labute approximate surface area is 163 Å². The third-order valence-corrected chi connectivity index (χ3v) is 4.58. The van der Waals surface area contributed by atoms with Crippen LogP contribution in [0.5, 0.6) is 5.75 Å². The lowest BCUT2D eigenvalue weighted by Gasteiger charge is -2.23. The van der Waals surface area contributed by atoms with Crippen LogP contribution in [-0.4, -0.2) is 60.3 Å². The second kappa shape index (κ2) is 9.03. The Morgan fingerprint density at radius 3 is 2.11 bits per heavy atom. The van der Waals surface area contributed by atoms with Crippen LogP contribution in [0, 0.1) is 0 Å². The molecule has 0 unspecified atom stereocenters. The molecule has 1 heterocycles. The van der Waals surface area contributed by atoms with Gasteiger partial charge in [0.1, 0.15) is 5.75 Å². The van der Waals surface area contributed by atoms with Gasteiger partial charge < -0.3 is 20.3 Å². The number of nitrogens with zero attached hydrogens (tertiary/aromatic N) is 2. The van der Waals surface area contributed by atoms with E-state index in [9.17, 15) is 14.4 Å². The van der Waals surface area contributed by atoms with Crippen molar-refractivity contribution in [3.05, 3.63) is 65.7 Å². The summed E-state index contributed by atoms with van der Waals surface area (Å²) in [5, 5.41) is 0. The van der Waals surface area contributed by atoms with Crippen LogP contribution in [0.3, 0.4) is 0 Å². The SMILES string of the molecule is NC(=O)COc1ccccc1C(=O)N1CCCN(C(=O)c2ccccc2)CC1. The third-order valence-electron chi connectivity index (χ3n) is 4.58. The first kappa shape index (κ1) is 19.4. The van der Waals surface area contributed by atoms with Crippen molar-refractivity contribution < 1.29 is 19.1 Å². The minimum atomic E-state index is -0.605. The number of hydrogen-bond acceptors (Lipinski definition) is 4. The number of nitrogens with two attached hydrogens (primary N) is 1. The smallest absolute Gasteiger partial charge is 0.257 e. The van der Waals surface area contributed by atoms with Crippen LogP contribution in [0.2, 0.25) is 0 Å². The van der Waals surface area contributed by atoms with E-state index in [4.69, 9.17) is 10.5 Å². The number of rotatable bonds is 5. The summed E-state index contributed by atoms with van der Waals surface area (Å²) in [6.45, 7) is 1.74. The average Bonchev–Trinajstić information content (AvgIpc) is 2.98. The second-order valence-corrected chi connectivity index (χ2v) is 6.56. The quantitative estimate of drug-likeness (QED) is 0.850. The molecule has 28 heavy (non-hydrogen) atoms. The molecule has 2 aromatic rings. The summed E-state index contributed by atoms with van der Waals surface area (Å²) in [7, 11) is 0. The molecule has 2 aromatic carbocycles. The Morgan fingerprint density at radius 1 is 0.821 bits per heavy atom. The number of amides is 3. The maximum Gasteiger partial charge on any atom is 0.257 e. The summed E-state index contributed by atoms with van der Waals surface area (Å²) >= 11 is 0. The summed E-state index contributed by atoms with van der Waals surface area (Å²) in [6, 6.07) is 15.9. The van der Waals surface area contributed by atoms with E-state index in [1.807, 2.05) is 18.2 Å². The van der Waals surface area contributed by atoms with Gasteiger partial charge in [-0.3, -0.25) is 14.4 Å². The summed E-state index contributed by atoms with van der Waals surface area (Å²) in [5.41, 5.74) is 6.15. The Balaban J connectivity index is 1.68. The predicted molar refractivity (Wildman–Crippen MR) is 104 cm³/mol. The topological polar surface area (TPSA) is 92.9 Å². The molecule has 7 heteroatoms. The number of hydrogen-bond donors (Lipinski definition) is 1. The van der Waals surface area contributed by atoms with Crippen LogP contribution in [0.15, 0.2) is 54.6 Å². The fourth-order valence-corrected chi connectivity index (χ4v) is 3.18. The van der Waals surface area contributed by atoms with Crippen molar-refractivity contribution in [3.63, 3.8) is 0 Å². The summed E-state index contributed by atoms with van der Waals surface area (Å²) in [4.78, 5) is 40.1. The van der Waals surface area contributed by atoms with Gasteiger partial charge in [0.25, 0.3) is 17.7 Å². The number of ether oxygens (including phenoxy) is 1. The van der Waals surface area contributed by atoms with Crippen molar-refractivity contribution in [2.75, 3.05) is 32.8 Å². The van der Waals surface area contributed by atoms with E-state index in [2.05, 4.69) is 0 Å². The lowest BCUT2D eigenvalue weighted by atomic mass is 10.1. The highest BCUT2D eigenvalue weighted by Crippen LogP contribution is 2.21. The molecule has 0 aromatic heterocycles.